The van der Waals surface area contributed by atoms with Crippen LogP contribution in [0.5, 0.6) is 0 Å². The number of sulfonamides is 1. The Kier molecular flexibility index (Phi) is 5.65. The molecule has 1 aromatic carbocycles. The zero-order valence-corrected chi connectivity index (χ0v) is 13.5. The van der Waals surface area contributed by atoms with Gasteiger partial charge in [0.05, 0.1) is 5.75 Å². The molecule has 0 amide bonds. The Hall–Kier alpha value is -1.07. The number of hydrogen-bond acceptors (Lipinski definition) is 3. The van der Waals surface area contributed by atoms with Gasteiger partial charge in [-0.15, -0.1) is 0 Å². The van der Waals surface area contributed by atoms with Crippen molar-refractivity contribution in [2.45, 2.75) is 44.8 Å². The quantitative estimate of drug-likeness (QED) is 0.794. The Bertz CT molecular complexity index is 549. The predicted octanol–water partition coefficient (Wildman–Crippen LogP) is 2.90. The van der Waals surface area contributed by atoms with Gasteiger partial charge in [0.2, 0.25) is 10.0 Å². The summed E-state index contributed by atoms with van der Waals surface area (Å²) in [6.45, 7) is 2.81. The van der Waals surface area contributed by atoms with Crippen LogP contribution < -0.4 is 10.5 Å². The van der Waals surface area contributed by atoms with Crippen molar-refractivity contribution in [2.75, 3.05) is 12.3 Å². The lowest BCUT2D eigenvalue weighted by atomic mass is 9.81. The van der Waals surface area contributed by atoms with Crippen molar-refractivity contribution in [1.82, 2.24) is 4.72 Å². The number of rotatable bonds is 6. The first-order chi connectivity index (χ1) is 9.98. The summed E-state index contributed by atoms with van der Waals surface area (Å²) in [6, 6.07) is 7.05. The molecule has 0 aliphatic heterocycles. The number of nitrogen functional groups attached to an aromatic ring is 1. The summed E-state index contributed by atoms with van der Waals surface area (Å²) in [5, 5.41) is 0. The third-order valence-corrected chi connectivity index (χ3v) is 5.76. The van der Waals surface area contributed by atoms with E-state index in [2.05, 4.69) is 11.6 Å². The van der Waals surface area contributed by atoms with Gasteiger partial charge in [0.1, 0.15) is 0 Å². The zero-order chi connectivity index (χ0) is 15.3. The first-order valence-corrected chi connectivity index (χ1v) is 9.45. The lowest BCUT2D eigenvalue weighted by Crippen LogP contribution is -2.32. The molecule has 0 spiro atoms. The summed E-state index contributed by atoms with van der Waals surface area (Å²) in [5.74, 6) is 1.33. The van der Waals surface area contributed by atoms with Gasteiger partial charge in [-0.2, -0.15) is 0 Å². The van der Waals surface area contributed by atoms with Gasteiger partial charge in [-0.3, -0.25) is 0 Å². The zero-order valence-electron chi connectivity index (χ0n) is 12.7. The Morgan fingerprint density at radius 2 is 1.86 bits per heavy atom. The number of hydrogen-bond donors (Lipinski definition) is 2. The molecule has 0 saturated heterocycles. The molecule has 0 bridgehead atoms. The van der Waals surface area contributed by atoms with E-state index >= 15 is 0 Å². The normalized spacial score (nSPS) is 23.1. The highest BCUT2D eigenvalue weighted by molar-refractivity contribution is 7.88. The molecule has 21 heavy (non-hydrogen) atoms. The number of nitrogens with one attached hydrogen (secondary N) is 1. The van der Waals surface area contributed by atoms with E-state index in [1.807, 2.05) is 0 Å². The summed E-state index contributed by atoms with van der Waals surface area (Å²) in [7, 11) is -3.28. The minimum Gasteiger partial charge on any atom is -0.399 e. The lowest BCUT2D eigenvalue weighted by molar-refractivity contribution is 0.270. The van der Waals surface area contributed by atoms with Gasteiger partial charge in [0.25, 0.3) is 0 Å². The maximum absolute atomic E-state index is 12.1. The Labute approximate surface area is 128 Å². The second-order valence-electron chi connectivity index (χ2n) is 6.15. The largest absolute Gasteiger partial charge is 0.399 e. The molecule has 0 radical (unpaired) electrons. The lowest BCUT2D eigenvalue weighted by Gasteiger charge is -2.27. The monoisotopic (exact) mass is 310 g/mol. The second kappa shape index (κ2) is 7.27. The van der Waals surface area contributed by atoms with Crippen molar-refractivity contribution in [3.8, 4) is 0 Å². The fourth-order valence-electron chi connectivity index (χ4n) is 3.04. The standard InChI is InChI=1S/C16H26N2O2S/c1-2-13-6-8-14(9-7-13)11-18-21(19,20)12-15-4-3-5-16(17)10-15/h3-5,10,13-14,18H,2,6-9,11-12,17H2,1H3. The summed E-state index contributed by atoms with van der Waals surface area (Å²) in [5.41, 5.74) is 7.01. The topological polar surface area (TPSA) is 72.2 Å². The van der Waals surface area contributed by atoms with E-state index in [1.54, 1.807) is 24.3 Å². The van der Waals surface area contributed by atoms with Gasteiger partial charge in [-0.1, -0.05) is 38.3 Å². The van der Waals surface area contributed by atoms with Crippen LogP contribution in [-0.2, 0) is 15.8 Å². The summed E-state index contributed by atoms with van der Waals surface area (Å²) >= 11 is 0. The third-order valence-electron chi connectivity index (χ3n) is 4.44. The number of benzene rings is 1. The summed E-state index contributed by atoms with van der Waals surface area (Å²) in [6.07, 6.45) is 5.99. The Morgan fingerprint density at radius 1 is 1.19 bits per heavy atom. The molecule has 1 aliphatic carbocycles. The molecule has 0 unspecified atom stereocenters. The molecule has 0 atom stereocenters. The van der Waals surface area contributed by atoms with Gasteiger partial charge in [0, 0.05) is 12.2 Å². The van der Waals surface area contributed by atoms with Crippen LogP contribution in [0.15, 0.2) is 24.3 Å². The van der Waals surface area contributed by atoms with Crippen molar-refractivity contribution in [3.63, 3.8) is 0 Å². The summed E-state index contributed by atoms with van der Waals surface area (Å²) in [4.78, 5) is 0. The van der Waals surface area contributed by atoms with E-state index in [9.17, 15) is 8.42 Å². The minimum absolute atomic E-state index is 0.00233. The molecule has 0 heterocycles. The SMILES string of the molecule is CCC1CCC(CNS(=O)(=O)Cc2cccc(N)c2)CC1. The van der Waals surface area contributed by atoms with Gasteiger partial charge < -0.3 is 5.73 Å². The highest BCUT2D eigenvalue weighted by atomic mass is 32.2. The molecule has 1 fully saturated rings. The van der Waals surface area contributed by atoms with Crippen LogP contribution in [0, 0.1) is 11.8 Å². The maximum atomic E-state index is 12.1. The molecular formula is C16H26N2O2S. The van der Waals surface area contributed by atoms with Crippen LogP contribution in [0.25, 0.3) is 0 Å². The van der Waals surface area contributed by atoms with Crippen LogP contribution in [0.1, 0.15) is 44.6 Å². The van der Waals surface area contributed by atoms with Crippen LogP contribution >= 0.6 is 0 Å². The fourth-order valence-corrected chi connectivity index (χ4v) is 4.25. The number of nitrogens with two attached hydrogens (primary N) is 1. The van der Waals surface area contributed by atoms with E-state index in [4.69, 9.17) is 5.73 Å². The van der Waals surface area contributed by atoms with E-state index in [0.29, 0.717) is 18.2 Å². The Morgan fingerprint density at radius 3 is 2.48 bits per heavy atom. The first kappa shape index (κ1) is 16.3. The van der Waals surface area contributed by atoms with Crippen molar-refractivity contribution < 1.29 is 8.42 Å². The van der Waals surface area contributed by atoms with Crippen LogP contribution in [0.4, 0.5) is 5.69 Å². The van der Waals surface area contributed by atoms with Crippen molar-refractivity contribution in [2.24, 2.45) is 11.8 Å². The highest BCUT2D eigenvalue weighted by Crippen LogP contribution is 2.30. The van der Waals surface area contributed by atoms with Gasteiger partial charge in [-0.05, 0) is 42.4 Å². The van der Waals surface area contributed by atoms with Gasteiger partial charge in [0.15, 0.2) is 0 Å². The highest BCUT2D eigenvalue weighted by Gasteiger charge is 2.21. The fraction of sp³-hybridized carbons (Fsp3) is 0.625. The second-order valence-corrected chi connectivity index (χ2v) is 7.95. The van der Waals surface area contributed by atoms with E-state index in [0.717, 1.165) is 24.3 Å². The smallest absolute Gasteiger partial charge is 0.215 e. The van der Waals surface area contributed by atoms with E-state index in [-0.39, 0.29) is 5.75 Å². The maximum Gasteiger partial charge on any atom is 0.215 e. The average molecular weight is 310 g/mol. The minimum atomic E-state index is -3.28. The van der Waals surface area contributed by atoms with Crippen molar-refractivity contribution in [3.05, 3.63) is 29.8 Å². The molecule has 1 saturated carbocycles. The van der Waals surface area contributed by atoms with Crippen LogP contribution in [-0.4, -0.2) is 15.0 Å². The average Bonchev–Trinajstić information content (AvgIpc) is 2.45. The summed E-state index contributed by atoms with van der Waals surface area (Å²) < 4.78 is 27.0. The Balaban J connectivity index is 1.82. The van der Waals surface area contributed by atoms with Crippen LogP contribution in [0.2, 0.25) is 0 Å². The molecule has 5 heteroatoms. The molecule has 4 nitrogen and oxygen atoms in total. The van der Waals surface area contributed by atoms with E-state index < -0.39 is 10.0 Å². The predicted molar refractivity (Wildman–Crippen MR) is 87.2 cm³/mol. The van der Waals surface area contributed by atoms with Crippen LogP contribution in [0.3, 0.4) is 0 Å². The molecule has 1 aromatic rings. The molecule has 3 N–H and O–H groups in total. The third kappa shape index (κ3) is 5.32. The van der Waals surface area contributed by atoms with Crippen molar-refractivity contribution in [1.29, 1.82) is 0 Å². The van der Waals surface area contributed by atoms with Gasteiger partial charge >= 0.3 is 0 Å². The number of anilines is 1. The molecule has 1 aliphatic rings. The van der Waals surface area contributed by atoms with E-state index in [1.165, 1.54) is 19.3 Å². The van der Waals surface area contributed by atoms with Gasteiger partial charge in [-0.25, -0.2) is 13.1 Å². The molecule has 2 rings (SSSR count). The molecule has 118 valence electrons. The first-order valence-electron chi connectivity index (χ1n) is 7.80. The van der Waals surface area contributed by atoms with Crippen molar-refractivity contribution >= 4 is 15.7 Å². The molecule has 0 aromatic heterocycles. The molecular weight excluding hydrogens is 284 g/mol.